The van der Waals surface area contributed by atoms with E-state index in [4.69, 9.17) is 9.47 Å². The number of hydrogen-bond donors (Lipinski definition) is 1. The zero-order chi connectivity index (χ0) is 13.4. The Morgan fingerprint density at radius 3 is 2.83 bits per heavy atom. The third-order valence-corrected chi connectivity index (χ3v) is 2.90. The molecule has 0 bridgehead atoms. The van der Waals surface area contributed by atoms with E-state index < -0.39 is 12.6 Å². The molecule has 0 aromatic rings. The summed E-state index contributed by atoms with van der Waals surface area (Å²) in [6.45, 7) is 4.26. The fourth-order valence-corrected chi connectivity index (χ4v) is 1.95. The van der Waals surface area contributed by atoms with Gasteiger partial charge in [-0.05, 0) is 25.8 Å². The Bertz CT molecular complexity index is 224. The van der Waals surface area contributed by atoms with E-state index in [0.29, 0.717) is 13.2 Å². The van der Waals surface area contributed by atoms with Gasteiger partial charge in [0.1, 0.15) is 0 Å². The normalized spacial score (nSPS) is 25.3. The number of nitrogens with one attached hydrogen (secondary N) is 1. The molecule has 1 heterocycles. The highest BCUT2D eigenvalue weighted by Gasteiger charge is 2.28. The summed E-state index contributed by atoms with van der Waals surface area (Å²) in [4.78, 5) is 0. The average Bonchev–Trinajstić information content (AvgIpc) is 2.32. The molecule has 6 heteroatoms. The standard InChI is InChI=1S/C12H22F3NO2/c1-2-6-16-10-4-8-17-9-11(10)18-7-3-5-12(13,14)15/h10-11,16H,2-9H2,1H3. The summed E-state index contributed by atoms with van der Waals surface area (Å²) in [6, 6.07) is 0.199. The molecule has 2 atom stereocenters. The van der Waals surface area contributed by atoms with E-state index in [2.05, 4.69) is 12.2 Å². The van der Waals surface area contributed by atoms with Gasteiger partial charge >= 0.3 is 6.18 Å². The molecule has 1 N–H and O–H groups in total. The lowest BCUT2D eigenvalue weighted by molar-refractivity contribution is -0.141. The zero-order valence-electron chi connectivity index (χ0n) is 10.8. The Labute approximate surface area is 106 Å². The molecular weight excluding hydrogens is 247 g/mol. The Hall–Kier alpha value is -0.330. The number of hydrogen-bond acceptors (Lipinski definition) is 3. The molecule has 0 aliphatic carbocycles. The first-order valence-corrected chi connectivity index (χ1v) is 6.52. The van der Waals surface area contributed by atoms with Gasteiger partial charge in [0.05, 0.1) is 12.7 Å². The van der Waals surface area contributed by atoms with E-state index in [1.807, 2.05) is 0 Å². The van der Waals surface area contributed by atoms with Crippen molar-refractivity contribution in [3.8, 4) is 0 Å². The molecule has 1 aliphatic rings. The maximum absolute atomic E-state index is 12.0. The van der Waals surface area contributed by atoms with E-state index in [1.165, 1.54) is 0 Å². The average molecular weight is 269 g/mol. The van der Waals surface area contributed by atoms with Crippen LogP contribution in [0.1, 0.15) is 32.6 Å². The highest BCUT2D eigenvalue weighted by molar-refractivity contribution is 4.80. The largest absolute Gasteiger partial charge is 0.389 e. The van der Waals surface area contributed by atoms with Crippen molar-refractivity contribution in [2.24, 2.45) is 0 Å². The third kappa shape index (κ3) is 6.56. The predicted molar refractivity (Wildman–Crippen MR) is 62.5 cm³/mol. The summed E-state index contributed by atoms with van der Waals surface area (Å²) in [6.07, 6.45) is -3.11. The van der Waals surface area contributed by atoms with Crippen LogP contribution < -0.4 is 5.32 Å². The van der Waals surface area contributed by atoms with Crippen molar-refractivity contribution in [3.63, 3.8) is 0 Å². The lowest BCUT2D eigenvalue weighted by Gasteiger charge is -2.32. The van der Waals surface area contributed by atoms with Gasteiger partial charge in [-0.1, -0.05) is 6.92 Å². The monoisotopic (exact) mass is 269 g/mol. The lowest BCUT2D eigenvalue weighted by Crippen LogP contribution is -2.48. The number of halogens is 3. The highest BCUT2D eigenvalue weighted by Crippen LogP contribution is 2.21. The molecule has 18 heavy (non-hydrogen) atoms. The molecule has 0 radical (unpaired) electrons. The second-order valence-corrected chi connectivity index (χ2v) is 4.55. The Morgan fingerprint density at radius 1 is 1.39 bits per heavy atom. The summed E-state index contributed by atoms with van der Waals surface area (Å²) < 4.78 is 46.7. The minimum Gasteiger partial charge on any atom is -0.379 e. The first kappa shape index (κ1) is 15.7. The van der Waals surface area contributed by atoms with E-state index >= 15 is 0 Å². The van der Waals surface area contributed by atoms with Gasteiger partial charge in [0, 0.05) is 25.7 Å². The number of ether oxygens (including phenoxy) is 2. The van der Waals surface area contributed by atoms with Crippen LogP contribution in [-0.4, -0.2) is 44.7 Å². The van der Waals surface area contributed by atoms with Gasteiger partial charge in [-0.3, -0.25) is 0 Å². The minimum absolute atomic E-state index is 0.0144. The second-order valence-electron chi connectivity index (χ2n) is 4.55. The van der Waals surface area contributed by atoms with Gasteiger partial charge in [-0.25, -0.2) is 0 Å². The first-order chi connectivity index (χ1) is 8.53. The molecule has 3 nitrogen and oxygen atoms in total. The van der Waals surface area contributed by atoms with Gasteiger partial charge in [0.25, 0.3) is 0 Å². The molecule has 108 valence electrons. The van der Waals surface area contributed by atoms with Gasteiger partial charge in [-0.15, -0.1) is 0 Å². The number of alkyl halides is 3. The molecule has 0 aromatic heterocycles. The summed E-state index contributed by atoms with van der Waals surface area (Å²) in [5.41, 5.74) is 0. The molecule has 1 aliphatic heterocycles. The molecule has 1 saturated heterocycles. The molecule has 0 amide bonds. The van der Waals surface area contributed by atoms with Gasteiger partial charge in [-0.2, -0.15) is 13.2 Å². The van der Waals surface area contributed by atoms with Gasteiger partial charge in [0.2, 0.25) is 0 Å². The molecule has 0 aromatic carbocycles. The zero-order valence-corrected chi connectivity index (χ0v) is 10.8. The van der Waals surface area contributed by atoms with Crippen molar-refractivity contribution in [2.45, 2.75) is 50.9 Å². The summed E-state index contributed by atoms with van der Waals surface area (Å²) in [7, 11) is 0. The van der Waals surface area contributed by atoms with Crippen LogP contribution >= 0.6 is 0 Å². The fourth-order valence-electron chi connectivity index (χ4n) is 1.95. The van der Waals surface area contributed by atoms with Crippen molar-refractivity contribution >= 4 is 0 Å². The van der Waals surface area contributed by atoms with Crippen LogP contribution in [0.25, 0.3) is 0 Å². The van der Waals surface area contributed by atoms with Crippen molar-refractivity contribution < 1.29 is 22.6 Å². The van der Waals surface area contributed by atoms with Crippen LogP contribution in [-0.2, 0) is 9.47 Å². The highest BCUT2D eigenvalue weighted by atomic mass is 19.4. The third-order valence-electron chi connectivity index (χ3n) is 2.90. The molecule has 1 fully saturated rings. The molecular formula is C12H22F3NO2. The summed E-state index contributed by atoms with van der Waals surface area (Å²) in [5, 5.41) is 3.35. The smallest absolute Gasteiger partial charge is 0.379 e. The first-order valence-electron chi connectivity index (χ1n) is 6.52. The predicted octanol–water partition coefficient (Wildman–Crippen LogP) is 2.50. The van der Waals surface area contributed by atoms with Crippen LogP contribution in [0.4, 0.5) is 13.2 Å². The van der Waals surface area contributed by atoms with Crippen LogP contribution in [0.5, 0.6) is 0 Å². The van der Waals surface area contributed by atoms with Crippen molar-refractivity contribution in [3.05, 3.63) is 0 Å². The second kappa shape index (κ2) is 7.96. The molecule has 1 rings (SSSR count). The topological polar surface area (TPSA) is 30.5 Å². The van der Waals surface area contributed by atoms with E-state index in [-0.39, 0.29) is 25.2 Å². The maximum atomic E-state index is 12.0. The van der Waals surface area contributed by atoms with E-state index in [9.17, 15) is 13.2 Å². The van der Waals surface area contributed by atoms with Crippen molar-refractivity contribution in [1.82, 2.24) is 5.32 Å². The van der Waals surface area contributed by atoms with Gasteiger partial charge in [0.15, 0.2) is 0 Å². The van der Waals surface area contributed by atoms with Crippen molar-refractivity contribution in [1.29, 1.82) is 0 Å². The molecule has 0 spiro atoms. The summed E-state index contributed by atoms with van der Waals surface area (Å²) >= 11 is 0. The van der Waals surface area contributed by atoms with Crippen LogP contribution in [0.3, 0.4) is 0 Å². The maximum Gasteiger partial charge on any atom is 0.389 e. The van der Waals surface area contributed by atoms with Crippen LogP contribution in [0, 0.1) is 0 Å². The van der Waals surface area contributed by atoms with Crippen molar-refractivity contribution in [2.75, 3.05) is 26.4 Å². The van der Waals surface area contributed by atoms with E-state index in [1.54, 1.807) is 0 Å². The Kier molecular flexibility index (Phi) is 6.96. The van der Waals surface area contributed by atoms with Gasteiger partial charge < -0.3 is 14.8 Å². The Balaban J connectivity index is 2.20. The number of rotatable bonds is 7. The Morgan fingerprint density at radius 2 is 2.17 bits per heavy atom. The molecule has 2 unspecified atom stereocenters. The van der Waals surface area contributed by atoms with Crippen LogP contribution in [0.15, 0.2) is 0 Å². The summed E-state index contributed by atoms with van der Waals surface area (Å²) in [5.74, 6) is 0. The SMILES string of the molecule is CCCNC1CCOCC1OCCCC(F)(F)F. The lowest BCUT2D eigenvalue weighted by atomic mass is 10.1. The van der Waals surface area contributed by atoms with Crippen LogP contribution in [0.2, 0.25) is 0 Å². The minimum atomic E-state index is -4.09. The molecule has 0 saturated carbocycles. The fraction of sp³-hybridized carbons (Fsp3) is 1.00. The quantitative estimate of drug-likeness (QED) is 0.720. The van der Waals surface area contributed by atoms with E-state index in [0.717, 1.165) is 19.4 Å².